The number of Topliss-reactive ketones (excluding diaryl/α,β-unsaturated/α-hetero) is 1. The van der Waals surface area contributed by atoms with Crippen molar-refractivity contribution in [2.24, 2.45) is 0 Å². The van der Waals surface area contributed by atoms with Gasteiger partial charge in [0.05, 0.1) is 12.7 Å². The summed E-state index contributed by atoms with van der Waals surface area (Å²) in [6.45, 7) is 3.58. The number of ether oxygens (including phenoxy) is 2. The molecular weight excluding hydrogens is 368 g/mol. The minimum absolute atomic E-state index is 0.0126. The Hall–Kier alpha value is -3.12. The molecule has 1 saturated heterocycles. The summed E-state index contributed by atoms with van der Waals surface area (Å²) in [5, 5.41) is 2.74. The first-order valence-electron chi connectivity index (χ1n) is 9.95. The van der Waals surface area contributed by atoms with Crippen LogP contribution in [0.4, 0.5) is 0 Å². The maximum atomic E-state index is 13.1. The normalized spacial score (nSPS) is 16.1. The lowest BCUT2D eigenvalue weighted by atomic mass is 10.0. The van der Waals surface area contributed by atoms with Crippen molar-refractivity contribution in [3.8, 4) is 16.9 Å². The van der Waals surface area contributed by atoms with Gasteiger partial charge in [0.2, 0.25) is 0 Å². The molecule has 6 nitrogen and oxygen atoms in total. The van der Waals surface area contributed by atoms with Crippen molar-refractivity contribution in [2.75, 3.05) is 19.8 Å². The average molecular weight is 392 g/mol. The fourth-order valence-corrected chi connectivity index (χ4v) is 3.67. The molecule has 6 heteroatoms. The van der Waals surface area contributed by atoms with Gasteiger partial charge >= 0.3 is 0 Å². The number of amides is 1. The van der Waals surface area contributed by atoms with Crippen molar-refractivity contribution in [1.29, 1.82) is 0 Å². The Balaban J connectivity index is 1.65. The van der Waals surface area contributed by atoms with E-state index in [1.54, 1.807) is 10.6 Å². The smallest absolute Gasteiger partial charge is 0.294 e. The summed E-state index contributed by atoms with van der Waals surface area (Å²) in [7, 11) is 0. The summed E-state index contributed by atoms with van der Waals surface area (Å²) >= 11 is 0. The molecule has 0 spiro atoms. The zero-order valence-corrected chi connectivity index (χ0v) is 16.4. The highest BCUT2D eigenvalue weighted by Gasteiger charge is 2.26. The predicted molar refractivity (Wildman–Crippen MR) is 110 cm³/mol. The van der Waals surface area contributed by atoms with Crippen molar-refractivity contribution in [3.05, 3.63) is 60.4 Å². The average Bonchev–Trinajstić information content (AvgIpc) is 3.40. The van der Waals surface area contributed by atoms with Crippen LogP contribution >= 0.6 is 0 Å². The van der Waals surface area contributed by atoms with Crippen LogP contribution in [0.1, 0.15) is 30.3 Å². The van der Waals surface area contributed by atoms with E-state index in [-0.39, 0.29) is 6.10 Å². The van der Waals surface area contributed by atoms with Crippen molar-refractivity contribution in [3.63, 3.8) is 0 Å². The fraction of sp³-hybridized carbons (Fsp3) is 0.304. The van der Waals surface area contributed by atoms with Crippen LogP contribution in [0.15, 0.2) is 54.7 Å². The van der Waals surface area contributed by atoms with Gasteiger partial charge in [0, 0.05) is 30.4 Å². The Kier molecular flexibility index (Phi) is 5.62. The molecule has 1 amide bonds. The van der Waals surface area contributed by atoms with E-state index >= 15 is 0 Å². The van der Waals surface area contributed by atoms with Gasteiger partial charge in [-0.05, 0) is 55.7 Å². The van der Waals surface area contributed by atoms with Gasteiger partial charge in [-0.1, -0.05) is 18.2 Å². The van der Waals surface area contributed by atoms with Crippen LogP contribution in [-0.2, 0) is 9.53 Å². The van der Waals surface area contributed by atoms with Crippen molar-refractivity contribution >= 4 is 17.2 Å². The first-order valence-corrected chi connectivity index (χ1v) is 9.95. The Bertz CT molecular complexity index is 1020. The molecule has 4 rings (SSSR count). The van der Waals surface area contributed by atoms with Crippen LogP contribution in [0, 0.1) is 0 Å². The number of ketones is 1. The maximum Gasteiger partial charge on any atom is 0.294 e. The molecule has 0 bridgehead atoms. The summed E-state index contributed by atoms with van der Waals surface area (Å²) in [5.41, 5.74) is 2.78. The quantitative estimate of drug-likeness (QED) is 0.494. The van der Waals surface area contributed by atoms with Gasteiger partial charge in [-0.15, -0.1) is 0 Å². The summed E-state index contributed by atoms with van der Waals surface area (Å²) in [6.07, 6.45) is 3.68. The molecule has 0 unspecified atom stereocenters. The lowest BCUT2D eigenvalue weighted by Crippen LogP contribution is -2.37. The molecule has 1 fully saturated rings. The van der Waals surface area contributed by atoms with E-state index in [9.17, 15) is 9.59 Å². The van der Waals surface area contributed by atoms with E-state index in [0.717, 1.165) is 35.2 Å². The van der Waals surface area contributed by atoms with Crippen LogP contribution in [0.3, 0.4) is 0 Å². The first kappa shape index (κ1) is 19.2. The summed E-state index contributed by atoms with van der Waals surface area (Å²) in [5.74, 6) is -0.406. The minimum Gasteiger partial charge on any atom is -0.494 e. The first-order chi connectivity index (χ1) is 14.2. The van der Waals surface area contributed by atoms with Gasteiger partial charge in [0.25, 0.3) is 11.7 Å². The molecule has 1 aliphatic heterocycles. The topological polar surface area (TPSA) is 69.0 Å². The van der Waals surface area contributed by atoms with Crippen LogP contribution in [0.2, 0.25) is 0 Å². The third kappa shape index (κ3) is 4.03. The number of benzene rings is 1. The molecule has 0 aliphatic carbocycles. The highest BCUT2D eigenvalue weighted by atomic mass is 16.5. The lowest BCUT2D eigenvalue weighted by Gasteiger charge is -2.11. The Morgan fingerprint density at radius 1 is 1.21 bits per heavy atom. The van der Waals surface area contributed by atoms with Crippen molar-refractivity contribution in [1.82, 2.24) is 9.72 Å². The number of rotatable bonds is 7. The summed E-state index contributed by atoms with van der Waals surface area (Å²) in [4.78, 5) is 25.7. The number of pyridine rings is 1. The van der Waals surface area contributed by atoms with Crippen molar-refractivity contribution in [2.45, 2.75) is 25.9 Å². The molecule has 150 valence electrons. The number of carbonyl (C=O) groups excluding carboxylic acids is 2. The van der Waals surface area contributed by atoms with Gasteiger partial charge in [0.1, 0.15) is 11.4 Å². The Labute approximate surface area is 169 Å². The van der Waals surface area contributed by atoms with Gasteiger partial charge in [-0.3, -0.25) is 9.59 Å². The molecule has 2 aromatic heterocycles. The van der Waals surface area contributed by atoms with Crippen LogP contribution in [0.5, 0.6) is 5.75 Å². The Morgan fingerprint density at radius 3 is 2.76 bits per heavy atom. The molecule has 29 heavy (non-hydrogen) atoms. The van der Waals surface area contributed by atoms with Crippen LogP contribution in [-0.4, -0.2) is 42.0 Å². The summed E-state index contributed by atoms with van der Waals surface area (Å²) < 4.78 is 12.8. The third-order valence-electron chi connectivity index (χ3n) is 5.09. The zero-order chi connectivity index (χ0) is 20.2. The predicted octanol–water partition coefficient (Wildman–Crippen LogP) is 3.48. The number of carbonyl (C=O) groups is 2. The van der Waals surface area contributed by atoms with E-state index in [1.807, 2.05) is 55.5 Å². The number of nitrogens with zero attached hydrogens (tertiary/aromatic N) is 1. The SMILES string of the molecule is CCOc1ccc(-c2cc3ccccn3c2C(=O)C(=O)NC[C@H]2CCCO2)cc1. The molecule has 1 N–H and O–H groups in total. The number of fused-ring (bicyclic) bond motifs is 1. The van der Waals surface area contributed by atoms with E-state index in [0.29, 0.717) is 25.5 Å². The van der Waals surface area contributed by atoms with E-state index in [4.69, 9.17) is 9.47 Å². The van der Waals surface area contributed by atoms with Gasteiger partial charge in [0.15, 0.2) is 0 Å². The number of nitrogens with one attached hydrogen (secondary N) is 1. The largest absolute Gasteiger partial charge is 0.494 e. The Morgan fingerprint density at radius 2 is 2.03 bits per heavy atom. The molecule has 1 aliphatic rings. The second kappa shape index (κ2) is 8.49. The molecule has 3 heterocycles. The van der Waals surface area contributed by atoms with Gasteiger partial charge in [-0.25, -0.2) is 0 Å². The van der Waals surface area contributed by atoms with Crippen LogP contribution in [0.25, 0.3) is 16.6 Å². The molecular formula is C23H24N2O4. The number of aromatic nitrogens is 1. The highest BCUT2D eigenvalue weighted by molar-refractivity contribution is 6.43. The van der Waals surface area contributed by atoms with E-state index in [2.05, 4.69) is 5.32 Å². The molecule has 1 aromatic carbocycles. The number of hydrogen-bond donors (Lipinski definition) is 1. The van der Waals surface area contributed by atoms with Gasteiger partial charge in [-0.2, -0.15) is 0 Å². The minimum atomic E-state index is -0.614. The summed E-state index contributed by atoms with van der Waals surface area (Å²) in [6, 6.07) is 15.1. The molecule has 0 radical (unpaired) electrons. The third-order valence-corrected chi connectivity index (χ3v) is 5.09. The second-order valence-corrected chi connectivity index (χ2v) is 7.03. The lowest BCUT2D eigenvalue weighted by molar-refractivity contribution is -0.117. The zero-order valence-electron chi connectivity index (χ0n) is 16.4. The van der Waals surface area contributed by atoms with E-state index in [1.165, 1.54) is 0 Å². The highest BCUT2D eigenvalue weighted by Crippen LogP contribution is 2.29. The maximum absolute atomic E-state index is 13.1. The number of hydrogen-bond acceptors (Lipinski definition) is 4. The monoisotopic (exact) mass is 392 g/mol. The molecule has 3 aromatic rings. The van der Waals surface area contributed by atoms with E-state index < -0.39 is 11.7 Å². The van der Waals surface area contributed by atoms with Gasteiger partial charge < -0.3 is 19.2 Å². The van der Waals surface area contributed by atoms with Crippen LogP contribution < -0.4 is 10.1 Å². The molecule has 1 atom stereocenters. The van der Waals surface area contributed by atoms with Crippen molar-refractivity contribution < 1.29 is 19.1 Å². The second-order valence-electron chi connectivity index (χ2n) is 7.03. The fourth-order valence-electron chi connectivity index (χ4n) is 3.67. The molecule has 0 saturated carbocycles. The standard InChI is InChI=1S/C23H24N2O4/c1-2-28-18-10-8-16(9-11-18)20-14-17-6-3-4-12-25(17)21(20)22(26)23(27)24-15-19-7-5-13-29-19/h3-4,6,8-12,14,19H,2,5,7,13,15H2,1H3,(H,24,27)/t19-/m1/s1.